The molecule has 0 radical (unpaired) electrons. The lowest BCUT2D eigenvalue weighted by Crippen LogP contribution is -2.62. The van der Waals surface area contributed by atoms with Crippen LogP contribution in [0.5, 0.6) is 0 Å². The molecule has 1 aromatic rings. The summed E-state index contributed by atoms with van der Waals surface area (Å²) in [5.41, 5.74) is -1.29. The number of carbonyl (C=O) groups excluding carboxylic acids is 1. The molecule has 0 spiro atoms. The van der Waals surface area contributed by atoms with Crippen molar-refractivity contribution >= 4 is 15.9 Å². The Labute approximate surface area is 160 Å². The van der Waals surface area contributed by atoms with Gasteiger partial charge in [0.05, 0.1) is 4.90 Å². The monoisotopic (exact) mass is 394 g/mol. The van der Waals surface area contributed by atoms with E-state index in [0.717, 1.165) is 24.0 Å². The highest BCUT2D eigenvalue weighted by atomic mass is 32.2. The number of sulfonamides is 1. The molecule has 148 valence electrons. The van der Waals surface area contributed by atoms with Crippen LogP contribution >= 0.6 is 0 Å². The maximum Gasteiger partial charge on any atom is 0.241 e. The quantitative estimate of drug-likeness (QED) is 0.806. The minimum atomic E-state index is -3.92. The van der Waals surface area contributed by atoms with Crippen molar-refractivity contribution in [3.63, 3.8) is 0 Å². The SMILES string of the molecule is CC(C)(NS(=O)(=O)c1ccc(F)cc1)C(=O)NC1C2CC3CC(C2)CC1C3. The molecule has 5 rings (SSSR count). The van der Waals surface area contributed by atoms with Gasteiger partial charge in [0.1, 0.15) is 11.4 Å². The van der Waals surface area contributed by atoms with Gasteiger partial charge in [-0.05, 0) is 93.9 Å². The topological polar surface area (TPSA) is 75.3 Å². The molecule has 0 aromatic heterocycles. The summed E-state index contributed by atoms with van der Waals surface area (Å²) in [5.74, 6) is 1.86. The van der Waals surface area contributed by atoms with Gasteiger partial charge < -0.3 is 5.32 Å². The van der Waals surface area contributed by atoms with Crippen LogP contribution in [0.4, 0.5) is 4.39 Å². The van der Waals surface area contributed by atoms with Gasteiger partial charge in [-0.1, -0.05) is 0 Å². The van der Waals surface area contributed by atoms with Crippen LogP contribution in [0.2, 0.25) is 0 Å². The highest BCUT2D eigenvalue weighted by Gasteiger charge is 2.49. The maximum absolute atomic E-state index is 13.1. The van der Waals surface area contributed by atoms with E-state index < -0.39 is 21.4 Å². The average Bonchev–Trinajstić information content (AvgIpc) is 2.56. The van der Waals surface area contributed by atoms with Gasteiger partial charge in [0, 0.05) is 6.04 Å². The molecule has 4 aliphatic carbocycles. The van der Waals surface area contributed by atoms with Crippen molar-refractivity contribution in [2.45, 2.75) is 62.4 Å². The van der Waals surface area contributed by atoms with Crippen molar-refractivity contribution in [2.24, 2.45) is 23.7 Å². The number of halogens is 1. The number of hydrogen-bond acceptors (Lipinski definition) is 3. The second kappa shape index (κ2) is 6.55. The van der Waals surface area contributed by atoms with E-state index in [0.29, 0.717) is 11.8 Å². The van der Waals surface area contributed by atoms with E-state index >= 15 is 0 Å². The third kappa shape index (κ3) is 3.63. The van der Waals surface area contributed by atoms with Gasteiger partial charge in [-0.3, -0.25) is 4.79 Å². The molecule has 27 heavy (non-hydrogen) atoms. The molecule has 5 nitrogen and oxygen atoms in total. The fraction of sp³-hybridized carbons (Fsp3) is 0.650. The summed E-state index contributed by atoms with van der Waals surface area (Å²) in [6.45, 7) is 3.14. The highest BCUT2D eigenvalue weighted by Crippen LogP contribution is 2.53. The lowest BCUT2D eigenvalue weighted by Gasteiger charge is -2.54. The van der Waals surface area contributed by atoms with Gasteiger partial charge in [-0.2, -0.15) is 4.72 Å². The second-order valence-electron chi connectivity index (χ2n) is 9.11. The molecule has 0 unspecified atom stereocenters. The Balaban J connectivity index is 1.45. The van der Waals surface area contributed by atoms with Crippen LogP contribution in [-0.4, -0.2) is 25.9 Å². The lowest BCUT2D eigenvalue weighted by molar-refractivity contribution is -0.129. The van der Waals surface area contributed by atoms with Crippen LogP contribution in [0.25, 0.3) is 0 Å². The van der Waals surface area contributed by atoms with Crippen molar-refractivity contribution in [2.75, 3.05) is 0 Å². The van der Waals surface area contributed by atoms with Crippen LogP contribution in [0, 0.1) is 29.5 Å². The summed E-state index contributed by atoms with van der Waals surface area (Å²) in [6.07, 6.45) is 6.06. The normalized spacial score (nSPS) is 32.5. The van der Waals surface area contributed by atoms with E-state index in [1.54, 1.807) is 13.8 Å². The van der Waals surface area contributed by atoms with Crippen molar-refractivity contribution in [3.05, 3.63) is 30.1 Å². The lowest BCUT2D eigenvalue weighted by atomic mass is 9.54. The molecule has 4 saturated carbocycles. The molecule has 2 N–H and O–H groups in total. The molecular weight excluding hydrogens is 367 g/mol. The number of hydrogen-bond donors (Lipinski definition) is 2. The largest absolute Gasteiger partial charge is 0.351 e. The van der Waals surface area contributed by atoms with E-state index in [-0.39, 0.29) is 16.8 Å². The number of benzene rings is 1. The Morgan fingerprint density at radius 3 is 2.04 bits per heavy atom. The molecule has 4 fully saturated rings. The number of carbonyl (C=O) groups is 1. The number of nitrogens with one attached hydrogen (secondary N) is 2. The Bertz CT molecular complexity index is 807. The van der Waals surface area contributed by atoms with Crippen LogP contribution in [0.15, 0.2) is 29.2 Å². The van der Waals surface area contributed by atoms with Crippen molar-refractivity contribution in [1.29, 1.82) is 0 Å². The van der Waals surface area contributed by atoms with Gasteiger partial charge in [-0.15, -0.1) is 0 Å². The highest BCUT2D eigenvalue weighted by molar-refractivity contribution is 7.89. The third-order valence-corrected chi connectivity index (χ3v) is 8.28. The summed E-state index contributed by atoms with van der Waals surface area (Å²) in [4.78, 5) is 12.9. The number of rotatable bonds is 5. The first-order valence-electron chi connectivity index (χ1n) is 9.74. The smallest absolute Gasteiger partial charge is 0.241 e. The first kappa shape index (κ1) is 18.9. The van der Waals surface area contributed by atoms with E-state index in [1.807, 2.05) is 0 Å². The Morgan fingerprint density at radius 1 is 1.00 bits per heavy atom. The van der Waals surface area contributed by atoms with E-state index in [4.69, 9.17) is 0 Å². The van der Waals surface area contributed by atoms with Gasteiger partial charge in [0.2, 0.25) is 15.9 Å². The van der Waals surface area contributed by atoms with Crippen molar-refractivity contribution in [3.8, 4) is 0 Å². The molecule has 4 bridgehead atoms. The Hall–Kier alpha value is -1.47. The number of amides is 1. The van der Waals surface area contributed by atoms with E-state index in [9.17, 15) is 17.6 Å². The summed E-state index contributed by atoms with van der Waals surface area (Å²) < 4.78 is 40.7. The van der Waals surface area contributed by atoms with Crippen LogP contribution in [0.1, 0.15) is 46.0 Å². The zero-order valence-electron chi connectivity index (χ0n) is 15.7. The predicted octanol–water partition coefficient (Wildman–Crippen LogP) is 2.82. The summed E-state index contributed by atoms with van der Waals surface area (Å²) in [6, 6.07) is 4.74. The summed E-state index contributed by atoms with van der Waals surface area (Å²) >= 11 is 0. The molecule has 0 heterocycles. The molecule has 0 saturated heterocycles. The van der Waals surface area contributed by atoms with E-state index in [2.05, 4.69) is 10.0 Å². The summed E-state index contributed by atoms with van der Waals surface area (Å²) in [5, 5.41) is 3.16. The molecule has 4 aliphatic rings. The molecule has 7 heteroatoms. The summed E-state index contributed by atoms with van der Waals surface area (Å²) in [7, 11) is -3.92. The van der Waals surface area contributed by atoms with Crippen molar-refractivity contribution < 1.29 is 17.6 Å². The average molecular weight is 395 g/mol. The fourth-order valence-corrected chi connectivity index (χ4v) is 6.92. The third-order valence-electron chi connectivity index (χ3n) is 6.61. The minimum Gasteiger partial charge on any atom is -0.351 e. The maximum atomic E-state index is 13.1. The van der Waals surface area contributed by atoms with Crippen LogP contribution in [0.3, 0.4) is 0 Å². The zero-order valence-corrected chi connectivity index (χ0v) is 16.6. The molecule has 1 aromatic carbocycles. The Kier molecular flexibility index (Phi) is 4.58. The van der Waals surface area contributed by atoms with Gasteiger partial charge in [0.25, 0.3) is 0 Å². The first-order valence-corrected chi connectivity index (χ1v) is 11.2. The minimum absolute atomic E-state index is 0.0561. The molecule has 1 amide bonds. The predicted molar refractivity (Wildman–Crippen MR) is 99.8 cm³/mol. The van der Waals surface area contributed by atoms with Gasteiger partial charge in [-0.25, -0.2) is 12.8 Å². The molecule has 0 atom stereocenters. The first-order chi connectivity index (χ1) is 12.6. The molecule has 0 aliphatic heterocycles. The van der Waals surface area contributed by atoms with Crippen molar-refractivity contribution in [1.82, 2.24) is 10.0 Å². The zero-order chi connectivity index (χ0) is 19.4. The second-order valence-corrected chi connectivity index (χ2v) is 10.8. The molecular formula is C20H27FN2O3S. The fourth-order valence-electron chi connectivity index (χ4n) is 5.55. The van der Waals surface area contributed by atoms with Crippen LogP contribution < -0.4 is 10.0 Å². The van der Waals surface area contributed by atoms with Gasteiger partial charge >= 0.3 is 0 Å². The Morgan fingerprint density at radius 2 is 1.52 bits per heavy atom. The standard InChI is InChI=1S/C20H27FN2O3S/c1-20(2,23-27(25,26)17-5-3-16(21)4-6-17)19(24)22-18-14-8-12-7-13(10-14)11-15(18)9-12/h3-6,12-15,18,23H,7-11H2,1-2H3,(H,22,24). The van der Waals surface area contributed by atoms with E-state index in [1.165, 1.54) is 44.2 Å². The van der Waals surface area contributed by atoms with Gasteiger partial charge in [0.15, 0.2) is 0 Å². The van der Waals surface area contributed by atoms with Crippen LogP contribution in [-0.2, 0) is 14.8 Å².